The molecule has 5 heteroatoms. The van der Waals surface area contributed by atoms with Crippen molar-refractivity contribution in [3.8, 4) is 0 Å². The Hall–Kier alpha value is -0.130. The zero-order valence-electron chi connectivity index (χ0n) is 9.20. The highest BCUT2D eigenvalue weighted by molar-refractivity contribution is 7.89. The Balaban J connectivity index is 1.80. The van der Waals surface area contributed by atoms with Crippen molar-refractivity contribution in [3.05, 3.63) is 0 Å². The number of hydrogen-bond acceptors (Lipinski definition) is 3. The molecule has 0 aromatic carbocycles. The molecule has 1 saturated heterocycles. The molecule has 2 N–H and O–H groups in total. The monoisotopic (exact) mass is 232 g/mol. The third-order valence-electron chi connectivity index (χ3n) is 3.35. The van der Waals surface area contributed by atoms with E-state index in [0.29, 0.717) is 17.6 Å². The average molecular weight is 232 g/mol. The van der Waals surface area contributed by atoms with Gasteiger partial charge in [0.05, 0.1) is 5.75 Å². The van der Waals surface area contributed by atoms with Crippen molar-refractivity contribution in [3.63, 3.8) is 0 Å². The van der Waals surface area contributed by atoms with Crippen LogP contribution < -0.4 is 10.0 Å². The summed E-state index contributed by atoms with van der Waals surface area (Å²) in [6, 6.07) is 0.219. The molecule has 1 aliphatic heterocycles. The van der Waals surface area contributed by atoms with Gasteiger partial charge in [-0.3, -0.25) is 0 Å². The maximum Gasteiger partial charge on any atom is 0.212 e. The van der Waals surface area contributed by atoms with Gasteiger partial charge in [-0.15, -0.1) is 0 Å². The lowest BCUT2D eigenvalue weighted by molar-refractivity contribution is 0.400. The Labute approximate surface area is 91.9 Å². The summed E-state index contributed by atoms with van der Waals surface area (Å²) in [6.45, 7) is 4.00. The Morgan fingerprint density at radius 3 is 2.47 bits per heavy atom. The molecule has 0 spiro atoms. The number of sulfonamides is 1. The fraction of sp³-hybridized carbons (Fsp3) is 1.00. The predicted octanol–water partition coefficient (Wildman–Crippen LogP) is 0.314. The summed E-state index contributed by atoms with van der Waals surface area (Å²) in [5.41, 5.74) is 0. The molecule has 0 bridgehead atoms. The fourth-order valence-electron chi connectivity index (χ4n) is 2.12. The highest BCUT2D eigenvalue weighted by Crippen LogP contribution is 2.30. The Kier molecular flexibility index (Phi) is 3.33. The lowest BCUT2D eigenvalue weighted by atomic mass is 10.0. The zero-order valence-corrected chi connectivity index (χ0v) is 10.0. The van der Waals surface area contributed by atoms with Crippen LogP contribution in [0, 0.1) is 11.8 Å². The molecule has 2 rings (SSSR count). The van der Waals surface area contributed by atoms with E-state index in [9.17, 15) is 8.42 Å². The van der Waals surface area contributed by atoms with E-state index >= 15 is 0 Å². The SMILES string of the molecule is CC1CC1NS(=O)(=O)CC1CCNCC1. The first kappa shape index (κ1) is 11.4. The molecule has 1 heterocycles. The van der Waals surface area contributed by atoms with E-state index in [0.717, 1.165) is 32.4 Å². The molecule has 4 nitrogen and oxygen atoms in total. The molecule has 0 aromatic rings. The van der Waals surface area contributed by atoms with Crippen LogP contribution in [0.4, 0.5) is 0 Å². The second kappa shape index (κ2) is 4.39. The first-order chi connectivity index (χ1) is 7.07. The normalized spacial score (nSPS) is 32.9. The molecule has 88 valence electrons. The summed E-state index contributed by atoms with van der Waals surface area (Å²) in [4.78, 5) is 0. The van der Waals surface area contributed by atoms with E-state index in [4.69, 9.17) is 0 Å². The van der Waals surface area contributed by atoms with Crippen LogP contribution in [0.25, 0.3) is 0 Å². The van der Waals surface area contributed by atoms with Gasteiger partial charge in [-0.25, -0.2) is 13.1 Å². The van der Waals surface area contributed by atoms with Gasteiger partial charge in [0.15, 0.2) is 0 Å². The smallest absolute Gasteiger partial charge is 0.212 e. The second-order valence-electron chi connectivity index (χ2n) is 4.91. The van der Waals surface area contributed by atoms with E-state index < -0.39 is 10.0 Å². The quantitative estimate of drug-likeness (QED) is 0.733. The number of nitrogens with one attached hydrogen (secondary N) is 2. The maximum absolute atomic E-state index is 11.8. The number of rotatable bonds is 4. The van der Waals surface area contributed by atoms with Gasteiger partial charge in [-0.2, -0.15) is 0 Å². The van der Waals surface area contributed by atoms with Crippen LogP contribution in [0.15, 0.2) is 0 Å². The van der Waals surface area contributed by atoms with Crippen LogP contribution in [0.2, 0.25) is 0 Å². The molecular formula is C10H20N2O2S. The zero-order chi connectivity index (χ0) is 10.9. The van der Waals surface area contributed by atoms with Gasteiger partial charge in [0, 0.05) is 6.04 Å². The van der Waals surface area contributed by atoms with Crippen LogP contribution in [0.5, 0.6) is 0 Å². The highest BCUT2D eigenvalue weighted by Gasteiger charge is 2.36. The largest absolute Gasteiger partial charge is 0.317 e. The maximum atomic E-state index is 11.8. The Bertz CT molecular complexity index is 309. The number of hydrogen-bond donors (Lipinski definition) is 2. The van der Waals surface area contributed by atoms with Crippen molar-refractivity contribution in [1.29, 1.82) is 0 Å². The molecular weight excluding hydrogens is 212 g/mol. The Morgan fingerprint density at radius 2 is 1.93 bits per heavy atom. The average Bonchev–Trinajstić information content (AvgIpc) is 2.81. The topological polar surface area (TPSA) is 58.2 Å². The minimum Gasteiger partial charge on any atom is -0.317 e. The summed E-state index contributed by atoms with van der Waals surface area (Å²) in [5.74, 6) is 1.20. The van der Waals surface area contributed by atoms with Gasteiger partial charge in [0.1, 0.15) is 0 Å². The van der Waals surface area contributed by atoms with Gasteiger partial charge < -0.3 is 5.32 Å². The summed E-state index contributed by atoms with van der Waals surface area (Å²) >= 11 is 0. The summed E-state index contributed by atoms with van der Waals surface area (Å²) < 4.78 is 26.3. The van der Waals surface area contributed by atoms with E-state index in [1.807, 2.05) is 0 Å². The van der Waals surface area contributed by atoms with Crippen molar-refractivity contribution in [2.75, 3.05) is 18.8 Å². The lowest BCUT2D eigenvalue weighted by Gasteiger charge is -2.22. The number of piperidine rings is 1. The minimum absolute atomic E-state index is 0.219. The third kappa shape index (κ3) is 3.43. The molecule has 1 aliphatic carbocycles. The third-order valence-corrected chi connectivity index (χ3v) is 4.93. The summed E-state index contributed by atoms with van der Waals surface area (Å²) in [7, 11) is -3.03. The summed E-state index contributed by atoms with van der Waals surface area (Å²) in [5, 5.41) is 3.25. The van der Waals surface area contributed by atoms with E-state index in [2.05, 4.69) is 17.0 Å². The summed E-state index contributed by atoms with van der Waals surface area (Å²) in [6.07, 6.45) is 2.98. The second-order valence-corrected chi connectivity index (χ2v) is 6.71. The van der Waals surface area contributed by atoms with Crippen molar-refractivity contribution in [2.24, 2.45) is 11.8 Å². The van der Waals surface area contributed by atoms with Crippen LogP contribution in [-0.4, -0.2) is 33.3 Å². The minimum atomic E-state index is -3.03. The first-order valence-electron chi connectivity index (χ1n) is 5.77. The van der Waals surface area contributed by atoms with Crippen LogP contribution in [0.1, 0.15) is 26.2 Å². The van der Waals surface area contributed by atoms with E-state index in [1.165, 1.54) is 0 Å². The molecule has 15 heavy (non-hydrogen) atoms. The molecule has 2 unspecified atom stereocenters. The van der Waals surface area contributed by atoms with Crippen molar-refractivity contribution in [2.45, 2.75) is 32.2 Å². The van der Waals surface area contributed by atoms with Gasteiger partial charge in [0.25, 0.3) is 0 Å². The molecule has 0 aromatic heterocycles. The standard InChI is InChI=1S/C10H20N2O2S/c1-8-6-10(8)12-15(13,14)7-9-2-4-11-5-3-9/h8-12H,2-7H2,1H3. The van der Waals surface area contributed by atoms with Gasteiger partial charge in [0.2, 0.25) is 10.0 Å². The molecule has 2 atom stereocenters. The van der Waals surface area contributed by atoms with Gasteiger partial charge in [-0.05, 0) is 44.2 Å². The van der Waals surface area contributed by atoms with Crippen molar-refractivity contribution < 1.29 is 8.42 Å². The van der Waals surface area contributed by atoms with Crippen LogP contribution in [-0.2, 0) is 10.0 Å². The molecule has 1 saturated carbocycles. The van der Waals surface area contributed by atoms with Crippen molar-refractivity contribution in [1.82, 2.24) is 10.0 Å². The Morgan fingerprint density at radius 1 is 1.33 bits per heavy atom. The van der Waals surface area contributed by atoms with E-state index in [-0.39, 0.29) is 6.04 Å². The van der Waals surface area contributed by atoms with E-state index in [1.54, 1.807) is 0 Å². The fourth-order valence-corrected chi connectivity index (χ4v) is 3.96. The molecule has 2 aliphatic rings. The molecule has 0 radical (unpaired) electrons. The van der Waals surface area contributed by atoms with Crippen molar-refractivity contribution >= 4 is 10.0 Å². The molecule has 0 amide bonds. The van der Waals surface area contributed by atoms with Gasteiger partial charge in [-0.1, -0.05) is 6.92 Å². The lowest BCUT2D eigenvalue weighted by Crippen LogP contribution is -2.36. The predicted molar refractivity (Wildman–Crippen MR) is 60.1 cm³/mol. The van der Waals surface area contributed by atoms with Crippen LogP contribution >= 0.6 is 0 Å². The van der Waals surface area contributed by atoms with Gasteiger partial charge >= 0.3 is 0 Å². The molecule has 2 fully saturated rings. The highest BCUT2D eigenvalue weighted by atomic mass is 32.2. The van der Waals surface area contributed by atoms with Crippen LogP contribution in [0.3, 0.4) is 0 Å². The first-order valence-corrected chi connectivity index (χ1v) is 7.43.